The van der Waals surface area contributed by atoms with E-state index >= 15 is 0 Å². The van der Waals surface area contributed by atoms with Crippen LogP contribution >= 0.6 is 11.3 Å². The Hall–Kier alpha value is -1.39. The summed E-state index contributed by atoms with van der Waals surface area (Å²) in [7, 11) is 0. The first-order valence-corrected chi connectivity index (χ1v) is 6.04. The number of aliphatic hydroxyl groups is 1. The van der Waals surface area contributed by atoms with Gasteiger partial charge in [-0.2, -0.15) is 0 Å². The largest absolute Gasteiger partial charge is 0.395 e. The van der Waals surface area contributed by atoms with Gasteiger partial charge in [0.05, 0.1) is 6.61 Å². The van der Waals surface area contributed by atoms with E-state index in [0.29, 0.717) is 6.54 Å². The zero-order valence-corrected chi connectivity index (χ0v) is 9.94. The van der Waals surface area contributed by atoms with Gasteiger partial charge in [-0.1, -0.05) is 18.2 Å². The number of hydrogen-bond acceptors (Lipinski definition) is 4. The maximum absolute atomic E-state index is 9.12. The van der Waals surface area contributed by atoms with Crippen LogP contribution in [-0.4, -0.2) is 23.2 Å². The number of anilines is 2. The second-order valence-electron chi connectivity index (χ2n) is 3.48. The highest BCUT2D eigenvalue weighted by Gasteiger charge is 2.12. The van der Waals surface area contributed by atoms with Gasteiger partial charge in [-0.3, -0.25) is 0 Å². The smallest absolute Gasteiger partial charge is 0.189 e. The minimum Gasteiger partial charge on any atom is -0.395 e. The summed E-state index contributed by atoms with van der Waals surface area (Å²) in [6, 6.07) is 8.12. The van der Waals surface area contributed by atoms with Crippen LogP contribution in [0.2, 0.25) is 0 Å². The van der Waals surface area contributed by atoms with E-state index in [1.165, 1.54) is 5.56 Å². The Bertz CT molecular complexity index is 442. The number of benzene rings is 1. The lowest BCUT2D eigenvalue weighted by molar-refractivity contribution is 0.305. The molecule has 0 aliphatic carbocycles. The molecule has 1 heterocycles. The van der Waals surface area contributed by atoms with E-state index in [-0.39, 0.29) is 6.61 Å². The average Bonchev–Trinajstić information content (AvgIpc) is 2.80. The summed E-state index contributed by atoms with van der Waals surface area (Å²) < 4.78 is 0. The number of para-hydroxylation sites is 1. The number of thiazole rings is 1. The molecule has 0 bridgehead atoms. The average molecular weight is 234 g/mol. The van der Waals surface area contributed by atoms with Crippen LogP contribution in [-0.2, 0) is 0 Å². The number of aromatic nitrogens is 1. The maximum Gasteiger partial charge on any atom is 0.189 e. The molecule has 0 fully saturated rings. The Kier molecular flexibility index (Phi) is 3.54. The van der Waals surface area contributed by atoms with Crippen molar-refractivity contribution in [1.29, 1.82) is 0 Å². The van der Waals surface area contributed by atoms with Gasteiger partial charge in [0.15, 0.2) is 5.13 Å². The molecule has 0 aliphatic rings. The number of hydrogen-bond donors (Lipinski definition) is 1. The van der Waals surface area contributed by atoms with Crippen LogP contribution < -0.4 is 4.90 Å². The second kappa shape index (κ2) is 5.09. The van der Waals surface area contributed by atoms with Gasteiger partial charge in [-0.25, -0.2) is 4.98 Å². The third-order valence-electron chi connectivity index (χ3n) is 2.38. The molecule has 0 amide bonds. The van der Waals surface area contributed by atoms with Crippen LogP contribution in [0.3, 0.4) is 0 Å². The molecule has 1 aromatic carbocycles. The molecule has 16 heavy (non-hydrogen) atoms. The summed E-state index contributed by atoms with van der Waals surface area (Å²) in [5, 5.41) is 12.0. The lowest BCUT2D eigenvalue weighted by Gasteiger charge is -2.22. The Morgan fingerprint density at radius 2 is 2.19 bits per heavy atom. The molecule has 2 aromatic rings. The molecule has 0 aliphatic heterocycles. The molecule has 0 saturated heterocycles. The molecular formula is C12H14N2OS. The molecule has 0 spiro atoms. The molecule has 84 valence electrons. The molecule has 3 nitrogen and oxygen atoms in total. The SMILES string of the molecule is Cc1ccccc1N(CCO)c1nccs1. The summed E-state index contributed by atoms with van der Waals surface area (Å²) in [5.74, 6) is 0. The highest BCUT2D eigenvalue weighted by Crippen LogP contribution is 2.29. The molecule has 2 rings (SSSR count). The lowest BCUT2D eigenvalue weighted by Crippen LogP contribution is -2.21. The summed E-state index contributed by atoms with van der Waals surface area (Å²) in [6.45, 7) is 2.75. The van der Waals surface area contributed by atoms with Crippen molar-refractivity contribution in [2.75, 3.05) is 18.1 Å². The van der Waals surface area contributed by atoms with Crippen molar-refractivity contribution in [2.24, 2.45) is 0 Å². The molecule has 0 saturated carbocycles. The summed E-state index contributed by atoms with van der Waals surface area (Å²) in [5.41, 5.74) is 2.29. The highest BCUT2D eigenvalue weighted by molar-refractivity contribution is 7.13. The first kappa shape index (κ1) is 11.1. The molecule has 1 aromatic heterocycles. The third kappa shape index (κ3) is 2.23. The monoisotopic (exact) mass is 234 g/mol. The molecule has 0 unspecified atom stereocenters. The van der Waals surface area contributed by atoms with Crippen LogP contribution in [0, 0.1) is 6.92 Å². The van der Waals surface area contributed by atoms with E-state index in [2.05, 4.69) is 18.0 Å². The number of rotatable bonds is 4. The zero-order chi connectivity index (χ0) is 11.4. The molecular weight excluding hydrogens is 220 g/mol. The predicted molar refractivity (Wildman–Crippen MR) is 67.4 cm³/mol. The van der Waals surface area contributed by atoms with Gasteiger partial charge >= 0.3 is 0 Å². The summed E-state index contributed by atoms with van der Waals surface area (Å²) in [6.07, 6.45) is 1.78. The normalized spacial score (nSPS) is 10.4. The highest BCUT2D eigenvalue weighted by atomic mass is 32.1. The number of aryl methyl sites for hydroxylation is 1. The van der Waals surface area contributed by atoms with Crippen LogP contribution in [0.1, 0.15) is 5.56 Å². The first-order valence-electron chi connectivity index (χ1n) is 5.16. The van der Waals surface area contributed by atoms with Crippen LogP contribution in [0.5, 0.6) is 0 Å². The Labute approximate surface area is 99.0 Å². The second-order valence-corrected chi connectivity index (χ2v) is 4.35. The third-order valence-corrected chi connectivity index (χ3v) is 3.17. The van der Waals surface area contributed by atoms with Crippen molar-refractivity contribution in [3.05, 3.63) is 41.4 Å². The number of aliphatic hydroxyl groups excluding tert-OH is 1. The van der Waals surface area contributed by atoms with Gasteiger partial charge < -0.3 is 10.0 Å². The summed E-state index contributed by atoms with van der Waals surface area (Å²) in [4.78, 5) is 6.33. The molecule has 1 N–H and O–H groups in total. The van der Waals surface area contributed by atoms with Crippen molar-refractivity contribution >= 4 is 22.2 Å². The van der Waals surface area contributed by atoms with E-state index in [1.807, 2.05) is 28.5 Å². The van der Waals surface area contributed by atoms with Crippen molar-refractivity contribution in [3.8, 4) is 0 Å². The van der Waals surface area contributed by atoms with E-state index < -0.39 is 0 Å². The standard InChI is InChI=1S/C12H14N2OS/c1-10-4-2-3-5-11(10)14(7-8-15)12-13-6-9-16-12/h2-6,9,15H,7-8H2,1H3. The minimum atomic E-state index is 0.119. The van der Waals surface area contributed by atoms with Gasteiger partial charge in [-0.05, 0) is 18.6 Å². The Balaban J connectivity index is 2.37. The van der Waals surface area contributed by atoms with E-state index in [0.717, 1.165) is 10.8 Å². The van der Waals surface area contributed by atoms with E-state index in [9.17, 15) is 0 Å². The summed E-state index contributed by atoms with van der Waals surface area (Å²) >= 11 is 1.58. The van der Waals surface area contributed by atoms with E-state index in [4.69, 9.17) is 5.11 Å². The van der Waals surface area contributed by atoms with Gasteiger partial charge in [0.25, 0.3) is 0 Å². The van der Waals surface area contributed by atoms with Crippen molar-refractivity contribution in [1.82, 2.24) is 4.98 Å². The fourth-order valence-corrected chi connectivity index (χ4v) is 2.32. The van der Waals surface area contributed by atoms with Crippen molar-refractivity contribution < 1.29 is 5.11 Å². The van der Waals surface area contributed by atoms with Gasteiger partial charge in [0.1, 0.15) is 0 Å². The van der Waals surface area contributed by atoms with Gasteiger partial charge in [0, 0.05) is 23.8 Å². The molecule has 0 atom stereocenters. The molecule has 0 radical (unpaired) electrons. The molecule has 4 heteroatoms. The number of nitrogens with zero attached hydrogens (tertiary/aromatic N) is 2. The fourth-order valence-electron chi connectivity index (χ4n) is 1.63. The van der Waals surface area contributed by atoms with Gasteiger partial charge in [0.2, 0.25) is 0 Å². The Morgan fingerprint density at radius 3 is 2.81 bits per heavy atom. The van der Waals surface area contributed by atoms with Crippen molar-refractivity contribution in [3.63, 3.8) is 0 Å². The fraction of sp³-hybridized carbons (Fsp3) is 0.250. The Morgan fingerprint density at radius 1 is 1.38 bits per heavy atom. The first-order chi connectivity index (χ1) is 7.83. The zero-order valence-electron chi connectivity index (χ0n) is 9.13. The van der Waals surface area contributed by atoms with Crippen LogP contribution in [0.15, 0.2) is 35.8 Å². The van der Waals surface area contributed by atoms with Crippen LogP contribution in [0.25, 0.3) is 0 Å². The minimum absolute atomic E-state index is 0.119. The van der Waals surface area contributed by atoms with Gasteiger partial charge in [-0.15, -0.1) is 11.3 Å². The topological polar surface area (TPSA) is 36.4 Å². The maximum atomic E-state index is 9.12. The van der Waals surface area contributed by atoms with E-state index in [1.54, 1.807) is 17.5 Å². The lowest BCUT2D eigenvalue weighted by atomic mass is 10.2. The van der Waals surface area contributed by atoms with Crippen LogP contribution in [0.4, 0.5) is 10.8 Å². The quantitative estimate of drug-likeness (QED) is 0.883. The van der Waals surface area contributed by atoms with Crippen molar-refractivity contribution in [2.45, 2.75) is 6.92 Å². The predicted octanol–water partition coefficient (Wildman–Crippen LogP) is 2.58.